The number of rotatable bonds is 7. The highest BCUT2D eigenvalue weighted by Crippen LogP contribution is 2.52. The second kappa shape index (κ2) is 9.43. The molecule has 0 radical (unpaired) electrons. The van der Waals surface area contributed by atoms with E-state index in [0.29, 0.717) is 22.9 Å². The van der Waals surface area contributed by atoms with Gasteiger partial charge in [-0.05, 0) is 65.9 Å². The zero-order valence-corrected chi connectivity index (χ0v) is 21.6. The van der Waals surface area contributed by atoms with Crippen molar-refractivity contribution in [3.63, 3.8) is 0 Å². The van der Waals surface area contributed by atoms with Crippen molar-refractivity contribution in [1.82, 2.24) is 0 Å². The van der Waals surface area contributed by atoms with E-state index in [2.05, 4.69) is 17.5 Å². The second-order valence-corrected chi connectivity index (χ2v) is 11.0. The summed E-state index contributed by atoms with van der Waals surface area (Å²) in [6, 6.07) is 18.4. The van der Waals surface area contributed by atoms with Gasteiger partial charge in [0.15, 0.2) is 11.5 Å². The Morgan fingerprint density at radius 1 is 0.917 bits per heavy atom. The molecule has 3 aromatic carbocycles. The molecule has 7 nitrogen and oxygen atoms in total. The summed E-state index contributed by atoms with van der Waals surface area (Å²) in [4.78, 5) is 0.277. The largest absolute Gasteiger partial charge is 0.493 e. The van der Waals surface area contributed by atoms with Gasteiger partial charge >= 0.3 is 0 Å². The van der Waals surface area contributed by atoms with E-state index in [-0.39, 0.29) is 22.8 Å². The predicted molar refractivity (Wildman–Crippen MR) is 141 cm³/mol. The summed E-state index contributed by atoms with van der Waals surface area (Å²) in [5.74, 6) is 2.06. The number of sulfonamides is 1. The van der Waals surface area contributed by atoms with E-state index in [0.717, 1.165) is 23.2 Å². The molecule has 0 saturated carbocycles. The van der Waals surface area contributed by atoms with Crippen LogP contribution in [-0.2, 0) is 10.0 Å². The van der Waals surface area contributed by atoms with Gasteiger partial charge in [-0.2, -0.15) is 0 Å². The molecule has 0 fully saturated rings. The number of anilines is 2. The van der Waals surface area contributed by atoms with Crippen molar-refractivity contribution in [3.8, 4) is 17.2 Å². The van der Waals surface area contributed by atoms with E-state index in [1.807, 2.05) is 42.5 Å². The number of nitrogens with zero attached hydrogens (tertiary/aromatic N) is 1. The van der Waals surface area contributed by atoms with Gasteiger partial charge in [0, 0.05) is 18.7 Å². The summed E-state index contributed by atoms with van der Waals surface area (Å²) in [7, 11) is 2.68. The Hall–Kier alpha value is -3.65. The maximum Gasteiger partial charge on any atom is 0.264 e. The average molecular weight is 507 g/mol. The zero-order chi connectivity index (χ0) is 25.4. The molecule has 3 aromatic rings. The van der Waals surface area contributed by atoms with Gasteiger partial charge < -0.3 is 19.5 Å². The third-order valence-corrected chi connectivity index (χ3v) is 8.94. The number of hydrogen-bond acceptors (Lipinski definition) is 6. The molecule has 0 saturated heterocycles. The summed E-state index contributed by atoms with van der Waals surface area (Å²) >= 11 is 0. The highest BCUT2D eigenvalue weighted by Gasteiger charge is 2.39. The minimum Gasteiger partial charge on any atom is -0.493 e. The minimum atomic E-state index is -3.71. The van der Waals surface area contributed by atoms with Crippen molar-refractivity contribution < 1.29 is 22.6 Å². The minimum absolute atomic E-state index is 0.0133. The fourth-order valence-electron chi connectivity index (χ4n) is 5.28. The fourth-order valence-corrected chi connectivity index (χ4v) is 6.51. The molecule has 8 heteroatoms. The van der Waals surface area contributed by atoms with Gasteiger partial charge in [-0.25, -0.2) is 8.42 Å². The first kappa shape index (κ1) is 24.1. The normalized spacial score (nSPS) is 20.2. The quantitative estimate of drug-likeness (QED) is 0.435. The number of nitrogens with one attached hydrogen (secondary N) is 1. The van der Waals surface area contributed by atoms with Crippen LogP contribution in [0, 0.1) is 5.92 Å². The third-order valence-electron chi connectivity index (χ3n) is 7.16. The molecule has 0 aromatic heterocycles. The van der Waals surface area contributed by atoms with Gasteiger partial charge in [-0.15, -0.1) is 0 Å². The number of benzene rings is 3. The fraction of sp³-hybridized carbons (Fsp3) is 0.286. The molecule has 36 heavy (non-hydrogen) atoms. The third kappa shape index (κ3) is 3.95. The van der Waals surface area contributed by atoms with Crippen LogP contribution in [0.1, 0.15) is 29.5 Å². The monoisotopic (exact) mass is 506 g/mol. The summed E-state index contributed by atoms with van der Waals surface area (Å²) in [6.45, 7) is 0. The maximum absolute atomic E-state index is 13.4. The topological polar surface area (TPSA) is 77.1 Å². The Morgan fingerprint density at radius 2 is 1.61 bits per heavy atom. The van der Waals surface area contributed by atoms with Crippen LogP contribution in [0.4, 0.5) is 11.4 Å². The van der Waals surface area contributed by atoms with Gasteiger partial charge in [0.25, 0.3) is 10.0 Å². The van der Waals surface area contributed by atoms with Crippen molar-refractivity contribution in [2.45, 2.75) is 23.3 Å². The van der Waals surface area contributed by atoms with Gasteiger partial charge in [-0.1, -0.05) is 30.4 Å². The Labute approximate surface area is 212 Å². The zero-order valence-electron chi connectivity index (χ0n) is 20.8. The number of fused-ring (bicyclic) bond motifs is 3. The van der Waals surface area contributed by atoms with Gasteiger partial charge in [0.2, 0.25) is 5.75 Å². The molecule has 3 atom stereocenters. The Bertz CT molecular complexity index is 1380. The Kier molecular flexibility index (Phi) is 6.30. The lowest BCUT2D eigenvalue weighted by atomic mass is 9.77. The van der Waals surface area contributed by atoms with Crippen LogP contribution in [0.3, 0.4) is 0 Å². The van der Waals surface area contributed by atoms with Crippen LogP contribution < -0.4 is 23.8 Å². The van der Waals surface area contributed by atoms with Gasteiger partial charge in [0.05, 0.1) is 38.0 Å². The molecule has 0 amide bonds. The highest BCUT2D eigenvalue weighted by atomic mass is 32.2. The molecule has 1 heterocycles. The molecule has 188 valence electrons. The molecular formula is C28H30N2O5S. The van der Waals surface area contributed by atoms with Crippen molar-refractivity contribution in [1.29, 1.82) is 0 Å². The molecule has 0 bridgehead atoms. The summed E-state index contributed by atoms with van der Waals surface area (Å²) in [6.07, 6.45) is 5.24. The number of allylic oxidation sites excluding steroid dienone is 2. The Balaban J connectivity index is 1.53. The van der Waals surface area contributed by atoms with E-state index < -0.39 is 10.0 Å². The number of hydrogen-bond donors (Lipinski definition) is 1. The van der Waals surface area contributed by atoms with E-state index >= 15 is 0 Å². The van der Waals surface area contributed by atoms with E-state index in [9.17, 15) is 8.42 Å². The SMILES string of the molecule is COc1cc(C2Nc3ccc(S(=O)(=O)N(C)c4ccccc4)cc3C3C=CCC32)cc(OC)c1OC. The van der Waals surface area contributed by atoms with Crippen LogP contribution in [0.15, 0.2) is 77.7 Å². The first-order valence-electron chi connectivity index (χ1n) is 11.8. The number of para-hydroxylation sites is 1. The van der Waals surface area contributed by atoms with Crippen molar-refractivity contribution in [2.24, 2.45) is 5.92 Å². The number of ether oxygens (including phenoxy) is 3. The molecule has 5 rings (SSSR count). The molecule has 1 N–H and O–H groups in total. The molecule has 1 aliphatic carbocycles. The Morgan fingerprint density at radius 3 is 2.25 bits per heavy atom. The standard InChI is InChI=1S/C28H30N2O5S/c1-30(19-9-6-5-7-10-19)36(31,32)20-13-14-24-23(17-20)21-11-8-12-22(21)27(29-24)18-15-25(33-2)28(35-4)26(16-18)34-3/h5-11,13-17,21-22,27,29H,12H2,1-4H3. The van der Waals surface area contributed by atoms with E-state index in [1.165, 1.54) is 4.31 Å². The van der Waals surface area contributed by atoms with Gasteiger partial charge in [0.1, 0.15) is 0 Å². The number of methoxy groups -OCH3 is 3. The smallest absolute Gasteiger partial charge is 0.264 e. The molecule has 1 aliphatic heterocycles. The van der Waals surface area contributed by atoms with Crippen LogP contribution in [0.5, 0.6) is 17.2 Å². The summed E-state index contributed by atoms with van der Waals surface area (Å²) in [5, 5.41) is 3.66. The maximum atomic E-state index is 13.4. The average Bonchev–Trinajstić information content (AvgIpc) is 3.42. The van der Waals surface area contributed by atoms with Gasteiger partial charge in [-0.3, -0.25) is 4.31 Å². The van der Waals surface area contributed by atoms with E-state index in [1.54, 1.807) is 46.6 Å². The summed E-state index contributed by atoms with van der Waals surface area (Å²) in [5.41, 5.74) is 3.55. The van der Waals surface area contributed by atoms with Crippen molar-refractivity contribution >= 4 is 21.4 Å². The van der Waals surface area contributed by atoms with Crippen LogP contribution in [0.2, 0.25) is 0 Å². The molecule has 2 aliphatic rings. The lowest BCUT2D eigenvalue weighted by Crippen LogP contribution is -2.30. The van der Waals surface area contributed by atoms with Crippen LogP contribution >= 0.6 is 0 Å². The predicted octanol–water partition coefficient (Wildman–Crippen LogP) is 5.36. The lowest BCUT2D eigenvalue weighted by molar-refractivity contribution is 0.322. The second-order valence-electron chi connectivity index (χ2n) is 8.99. The lowest BCUT2D eigenvalue weighted by Gasteiger charge is -2.38. The van der Waals surface area contributed by atoms with Crippen molar-refractivity contribution in [2.75, 3.05) is 38.0 Å². The molecular weight excluding hydrogens is 476 g/mol. The van der Waals surface area contributed by atoms with E-state index in [4.69, 9.17) is 14.2 Å². The van der Waals surface area contributed by atoms with Crippen LogP contribution in [-0.4, -0.2) is 36.8 Å². The van der Waals surface area contributed by atoms with Crippen molar-refractivity contribution in [3.05, 3.63) is 83.9 Å². The first-order valence-corrected chi connectivity index (χ1v) is 13.2. The molecule has 3 unspecified atom stereocenters. The first-order chi connectivity index (χ1) is 17.4. The van der Waals surface area contributed by atoms with Crippen LogP contribution in [0.25, 0.3) is 0 Å². The highest BCUT2D eigenvalue weighted by molar-refractivity contribution is 7.92. The summed E-state index contributed by atoms with van der Waals surface area (Å²) < 4.78 is 44.9. The molecule has 0 spiro atoms.